The molecule has 224 valence electrons. The van der Waals surface area contributed by atoms with Crippen LogP contribution in [0.4, 0.5) is 4.39 Å². The van der Waals surface area contributed by atoms with Crippen LogP contribution in [-0.2, 0) is 5.60 Å². The first-order valence-corrected chi connectivity index (χ1v) is 15.2. The molecule has 2 saturated carbocycles. The third kappa shape index (κ3) is 6.01. The number of benzene rings is 2. The van der Waals surface area contributed by atoms with Crippen molar-refractivity contribution in [1.29, 1.82) is 0 Å². The Kier molecular flexibility index (Phi) is 7.96. The molecule has 2 N–H and O–H groups in total. The zero-order chi connectivity index (χ0) is 30.5. The van der Waals surface area contributed by atoms with E-state index < -0.39 is 11.4 Å². The van der Waals surface area contributed by atoms with Crippen molar-refractivity contribution in [3.05, 3.63) is 80.8 Å². The molecular formula is C33H32Cl2FN3O4. The highest BCUT2D eigenvalue weighted by molar-refractivity contribution is 6.32. The molecule has 2 aliphatic carbocycles. The van der Waals surface area contributed by atoms with Gasteiger partial charge >= 0.3 is 0 Å². The number of carbonyl (C=O) groups is 1. The molecule has 2 heterocycles. The topological polar surface area (TPSA) is 93.6 Å². The van der Waals surface area contributed by atoms with Crippen molar-refractivity contribution < 1.29 is 23.8 Å². The molecule has 2 aromatic carbocycles. The largest absolute Gasteiger partial charge is 0.491 e. The molecule has 10 heteroatoms. The second-order valence-corrected chi connectivity index (χ2v) is 12.2. The van der Waals surface area contributed by atoms with E-state index in [0.717, 1.165) is 31.2 Å². The third-order valence-electron chi connectivity index (χ3n) is 7.95. The average Bonchev–Trinajstić information content (AvgIpc) is 3.90. The van der Waals surface area contributed by atoms with Gasteiger partial charge in [0.05, 0.1) is 40.7 Å². The van der Waals surface area contributed by atoms with E-state index in [1.165, 1.54) is 12.1 Å². The number of aryl methyl sites for hydroxylation is 2. The van der Waals surface area contributed by atoms with E-state index in [9.17, 15) is 14.3 Å². The second kappa shape index (κ2) is 11.6. The Morgan fingerprint density at radius 3 is 2.51 bits per heavy atom. The Bertz CT molecular complexity index is 1740. The van der Waals surface area contributed by atoms with Crippen LogP contribution < -0.4 is 14.8 Å². The summed E-state index contributed by atoms with van der Waals surface area (Å²) in [4.78, 5) is 23.0. The Hall–Kier alpha value is -3.46. The molecule has 2 aromatic heterocycles. The number of hydrogen-bond acceptors (Lipinski definition) is 6. The van der Waals surface area contributed by atoms with Gasteiger partial charge in [-0.3, -0.25) is 4.79 Å². The number of aromatic nitrogens is 2. The van der Waals surface area contributed by atoms with Crippen molar-refractivity contribution in [2.24, 2.45) is 5.92 Å². The van der Waals surface area contributed by atoms with Gasteiger partial charge in [-0.1, -0.05) is 23.2 Å². The molecule has 1 amide bonds. The molecule has 2 aliphatic rings. The lowest BCUT2D eigenvalue weighted by Crippen LogP contribution is -2.43. The normalized spacial score (nSPS) is 16.2. The zero-order valence-electron chi connectivity index (χ0n) is 24.1. The minimum atomic E-state index is -1.45. The number of nitrogens with one attached hydrogen (secondary N) is 1. The SMILES string of the molecule is CCOc1c(C)cc([C@@](O)(CNC(=O)c2cc(OC3CC3)c3nc(C)c(Cl)cc3c2)C2CC2)nc1-c1ccc(F)c(Cl)c1. The molecule has 0 spiro atoms. The third-order valence-corrected chi connectivity index (χ3v) is 8.62. The first-order chi connectivity index (χ1) is 20.6. The maximum absolute atomic E-state index is 14.0. The fourth-order valence-electron chi connectivity index (χ4n) is 5.28. The minimum Gasteiger partial charge on any atom is -0.491 e. The van der Waals surface area contributed by atoms with Crippen molar-refractivity contribution in [3.8, 4) is 22.8 Å². The summed E-state index contributed by atoms with van der Waals surface area (Å²) in [6, 6.07) is 11.4. The first-order valence-electron chi connectivity index (χ1n) is 14.5. The van der Waals surface area contributed by atoms with Gasteiger partial charge in [-0.15, -0.1) is 0 Å². The summed E-state index contributed by atoms with van der Waals surface area (Å²) in [5.74, 6) is 0.0536. The van der Waals surface area contributed by atoms with Gasteiger partial charge in [-0.05, 0) is 100 Å². The molecule has 0 aliphatic heterocycles. The van der Waals surface area contributed by atoms with Crippen molar-refractivity contribution in [2.75, 3.05) is 13.2 Å². The highest BCUT2D eigenvalue weighted by Gasteiger charge is 2.47. The number of aliphatic hydroxyl groups is 1. The summed E-state index contributed by atoms with van der Waals surface area (Å²) in [5, 5.41) is 16.2. The van der Waals surface area contributed by atoms with Gasteiger partial charge in [-0.25, -0.2) is 14.4 Å². The zero-order valence-corrected chi connectivity index (χ0v) is 25.7. The molecule has 43 heavy (non-hydrogen) atoms. The highest BCUT2D eigenvalue weighted by atomic mass is 35.5. The summed E-state index contributed by atoms with van der Waals surface area (Å²) in [6.07, 6.45) is 3.60. The van der Waals surface area contributed by atoms with Crippen LogP contribution in [0.5, 0.6) is 11.5 Å². The summed E-state index contributed by atoms with van der Waals surface area (Å²) in [7, 11) is 0. The van der Waals surface area contributed by atoms with Gasteiger partial charge in [0, 0.05) is 16.5 Å². The Morgan fingerprint density at radius 1 is 1.07 bits per heavy atom. The van der Waals surface area contributed by atoms with E-state index in [-0.39, 0.29) is 29.5 Å². The van der Waals surface area contributed by atoms with Crippen molar-refractivity contribution >= 4 is 40.0 Å². The molecule has 6 rings (SSSR count). The van der Waals surface area contributed by atoms with Crippen LogP contribution >= 0.6 is 23.2 Å². The van der Waals surface area contributed by atoms with Crippen LogP contribution in [0.3, 0.4) is 0 Å². The Labute approximate surface area is 259 Å². The average molecular weight is 625 g/mol. The standard InChI is InChI=1S/C33H32Cl2FN3O4/c1-4-42-31-17(2)11-28(39-30(31)19-5-10-26(36)25(35)13-19)33(41,22-6-7-22)16-37-32(40)21-12-20-14-24(34)18(3)38-29(20)27(15-21)43-23-8-9-23/h5,10-15,22-23,41H,4,6-9,16H2,1-3H3,(H,37,40)/t33-/m1/s1. The monoisotopic (exact) mass is 623 g/mol. The molecule has 7 nitrogen and oxygen atoms in total. The lowest BCUT2D eigenvalue weighted by Gasteiger charge is -2.29. The van der Waals surface area contributed by atoms with Crippen LogP contribution in [0.2, 0.25) is 10.0 Å². The van der Waals surface area contributed by atoms with Crippen LogP contribution in [0.1, 0.15) is 59.9 Å². The number of rotatable bonds is 10. The quantitative estimate of drug-likeness (QED) is 0.192. The van der Waals surface area contributed by atoms with Crippen molar-refractivity contribution in [1.82, 2.24) is 15.3 Å². The van der Waals surface area contributed by atoms with Gasteiger partial charge in [0.15, 0.2) is 0 Å². The maximum Gasteiger partial charge on any atom is 0.251 e. The predicted octanol–water partition coefficient (Wildman–Crippen LogP) is 7.33. The molecular weight excluding hydrogens is 592 g/mol. The maximum atomic E-state index is 14.0. The van der Waals surface area contributed by atoms with Gasteiger partial charge in [-0.2, -0.15) is 0 Å². The number of pyridine rings is 2. The lowest BCUT2D eigenvalue weighted by molar-refractivity contribution is 0.00946. The van der Waals surface area contributed by atoms with Gasteiger partial charge < -0.3 is 19.9 Å². The predicted molar refractivity (Wildman–Crippen MR) is 165 cm³/mol. The van der Waals surface area contributed by atoms with E-state index in [4.69, 9.17) is 37.7 Å². The Morgan fingerprint density at radius 2 is 1.84 bits per heavy atom. The number of carbonyl (C=O) groups excluding carboxylic acids is 1. The first kappa shape index (κ1) is 29.6. The van der Waals surface area contributed by atoms with Gasteiger partial charge in [0.2, 0.25) is 0 Å². The molecule has 4 aromatic rings. The fraction of sp³-hybridized carbons (Fsp3) is 0.364. The van der Waals surface area contributed by atoms with E-state index in [0.29, 0.717) is 62.2 Å². The van der Waals surface area contributed by atoms with E-state index in [2.05, 4.69) is 10.3 Å². The fourth-order valence-corrected chi connectivity index (χ4v) is 5.62. The summed E-state index contributed by atoms with van der Waals surface area (Å²) in [6.45, 7) is 5.89. The lowest BCUT2D eigenvalue weighted by atomic mass is 9.90. The molecule has 0 unspecified atom stereocenters. The number of fused-ring (bicyclic) bond motifs is 1. The van der Waals surface area contributed by atoms with Crippen LogP contribution in [0.25, 0.3) is 22.2 Å². The van der Waals surface area contributed by atoms with Crippen LogP contribution in [0.15, 0.2) is 42.5 Å². The van der Waals surface area contributed by atoms with Crippen molar-refractivity contribution in [3.63, 3.8) is 0 Å². The van der Waals surface area contributed by atoms with Gasteiger partial charge in [0.1, 0.15) is 34.1 Å². The molecule has 0 bridgehead atoms. The number of halogens is 3. The molecule has 0 radical (unpaired) electrons. The van der Waals surface area contributed by atoms with E-state index in [1.54, 1.807) is 30.3 Å². The van der Waals surface area contributed by atoms with E-state index >= 15 is 0 Å². The number of amides is 1. The summed E-state index contributed by atoms with van der Waals surface area (Å²) >= 11 is 12.5. The highest BCUT2D eigenvalue weighted by Crippen LogP contribution is 2.47. The Balaban J connectivity index is 1.33. The van der Waals surface area contributed by atoms with Crippen LogP contribution in [-0.4, -0.2) is 40.2 Å². The van der Waals surface area contributed by atoms with E-state index in [1.807, 2.05) is 20.8 Å². The second-order valence-electron chi connectivity index (χ2n) is 11.4. The van der Waals surface area contributed by atoms with Crippen LogP contribution in [0, 0.1) is 25.6 Å². The number of hydrogen-bond donors (Lipinski definition) is 2. The molecule has 1 atom stereocenters. The number of ether oxygens (including phenoxy) is 2. The molecule has 2 fully saturated rings. The number of nitrogens with zero attached hydrogens (tertiary/aromatic N) is 2. The summed E-state index contributed by atoms with van der Waals surface area (Å²) < 4.78 is 26.0. The van der Waals surface area contributed by atoms with Crippen molar-refractivity contribution in [2.45, 2.75) is 58.2 Å². The summed E-state index contributed by atoms with van der Waals surface area (Å²) in [5.41, 5.74) is 2.42. The minimum absolute atomic E-state index is 0.0402. The van der Waals surface area contributed by atoms with Gasteiger partial charge in [0.25, 0.3) is 5.91 Å². The molecule has 0 saturated heterocycles. The smallest absolute Gasteiger partial charge is 0.251 e.